The number of fused-ring (bicyclic) bond motifs is 2. The quantitative estimate of drug-likeness (QED) is 0.243. The zero-order valence-corrected chi connectivity index (χ0v) is 25.0. The van der Waals surface area contributed by atoms with Crippen molar-refractivity contribution >= 4 is 38.6 Å². The van der Waals surface area contributed by atoms with E-state index in [1.165, 1.54) is 33.4 Å². The van der Waals surface area contributed by atoms with Crippen LogP contribution in [-0.4, -0.2) is 74.0 Å². The summed E-state index contributed by atoms with van der Waals surface area (Å²) < 4.78 is 24.6. The number of aromatic nitrogens is 4. The molecule has 43 heavy (non-hydrogen) atoms. The zero-order valence-electron chi connectivity index (χ0n) is 24.1. The number of hydrogen-bond donors (Lipinski definition) is 2. The highest BCUT2D eigenvalue weighted by Gasteiger charge is 2.31. The average Bonchev–Trinajstić information content (AvgIpc) is 3.41. The van der Waals surface area contributed by atoms with Crippen LogP contribution in [0.15, 0.2) is 42.9 Å². The molecule has 0 radical (unpaired) electrons. The van der Waals surface area contributed by atoms with Crippen LogP contribution in [0.5, 0.6) is 5.75 Å². The number of methoxy groups -OCH3 is 1. The van der Waals surface area contributed by atoms with Crippen LogP contribution < -0.4 is 4.74 Å². The van der Waals surface area contributed by atoms with Crippen molar-refractivity contribution in [1.29, 1.82) is 5.41 Å². The number of carbonyl (C=O) groups is 1. The topological polar surface area (TPSA) is 109 Å². The number of aliphatic hydroxyl groups excluding tert-OH is 1. The maximum absolute atomic E-state index is 14.2. The first-order chi connectivity index (χ1) is 20.8. The van der Waals surface area contributed by atoms with Crippen molar-refractivity contribution in [3.05, 3.63) is 59.5 Å². The van der Waals surface area contributed by atoms with Gasteiger partial charge in [0.05, 0.1) is 50.0 Å². The first-order valence-corrected chi connectivity index (χ1v) is 15.4. The molecule has 1 aliphatic carbocycles. The van der Waals surface area contributed by atoms with Crippen LogP contribution in [0.1, 0.15) is 40.7 Å². The van der Waals surface area contributed by atoms with E-state index in [0.717, 1.165) is 39.2 Å². The summed E-state index contributed by atoms with van der Waals surface area (Å²) in [6.45, 7) is 2.60. The van der Waals surface area contributed by atoms with Gasteiger partial charge in [-0.1, -0.05) is 12.1 Å². The van der Waals surface area contributed by atoms with E-state index in [2.05, 4.69) is 23.3 Å². The van der Waals surface area contributed by atoms with Gasteiger partial charge < -0.3 is 20.2 Å². The van der Waals surface area contributed by atoms with Crippen molar-refractivity contribution in [2.45, 2.75) is 45.3 Å². The lowest BCUT2D eigenvalue weighted by atomic mass is 9.96. The average molecular weight is 601 g/mol. The van der Waals surface area contributed by atoms with Crippen LogP contribution in [0.25, 0.3) is 37.3 Å². The molecule has 1 saturated heterocycles. The number of halogens is 1. The number of carbonyl (C=O) groups excluding carboxylic acids is 1. The number of likely N-dealkylation sites (tertiary alicyclic amines) is 1. The summed E-state index contributed by atoms with van der Waals surface area (Å²) in [4.78, 5) is 15.9. The van der Waals surface area contributed by atoms with Crippen LogP contribution in [0.3, 0.4) is 0 Å². The normalized spacial score (nSPS) is 17.3. The minimum absolute atomic E-state index is 0.0293. The van der Waals surface area contributed by atoms with Gasteiger partial charge in [-0.2, -0.15) is 10.2 Å². The number of piperidine rings is 1. The Morgan fingerprint density at radius 2 is 2.12 bits per heavy atom. The number of nitrogens with one attached hydrogen (secondary N) is 1. The van der Waals surface area contributed by atoms with Crippen molar-refractivity contribution in [2.24, 2.45) is 5.92 Å². The van der Waals surface area contributed by atoms with Gasteiger partial charge in [0.2, 0.25) is 0 Å². The molecule has 1 amide bonds. The monoisotopic (exact) mass is 600 g/mol. The summed E-state index contributed by atoms with van der Waals surface area (Å²) in [5.74, 6) is 0.818. The van der Waals surface area contributed by atoms with Gasteiger partial charge in [-0.15, -0.1) is 11.3 Å². The molecule has 1 aliphatic heterocycles. The molecule has 222 valence electrons. The number of benzene rings is 1. The highest BCUT2D eigenvalue weighted by atomic mass is 32.1. The van der Waals surface area contributed by atoms with Gasteiger partial charge in [0.25, 0.3) is 5.91 Å². The summed E-state index contributed by atoms with van der Waals surface area (Å²) >= 11 is 1.72. The van der Waals surface area contributed by atoms with Crippen molar-refractivity contribution in [1.82, 2.24) is 24.3 Å². The minimum Gasteiger partial charge on any atom is -0.494 e. The molecule has 0 spiro atoms. The lowest BCUT2D eigenvalue weighted by Gasteiger charge is -2.29. The number of rotatable bonds is 8. The third-order valence-electron chi connectivity index (χ3n) is 8.44. The van der Waals surface area contributed by atoms with Gasteiger partial charge in [-0.05, 0) is 55.4 Å². The maximum Gasteiger partial charge on any atom is 0.255 e. The van der Waals surface area contributed by atoms with E-state index in [4.69, 9.17) is 15.2 Å². The number of aryl methyl sites for hydroxylation is 1. The van der Waals surface area contributed by atoms with Crippen molar-refractivity contribution < 1.29 is 19.0 Å². The molecule has 0 unspecified atom stereocenters. The number of amides is 1. The van der Waals surface area contributed by atoms with E-state index in [0.29, 0.717) is 23.8 Å². The molecule has 7 rings (SSSR count). The lowest BCUT2D eigenvalue weighted by molar-refractivity contribution is 0.0717. The number of aliphatic hydroxyl groups is 1. The molecular formula is C32H33FN6O3S. The third-order valence-corrected chi connectivity index (χ3v) is 9.65. The molecule has 1 atom stereocenters. The number of ether oxygens (including phenoxy) is 1. The number of nitrogens with zero attached hydrogens (tertiary/aromatic N) is 5. The Kier molecular flexibility index (Phi) is 7.01. The van der Waals surface area contributed by atoms with Crippen LogP contribution in [0, 0.1) is 18.3 Å². The standard InChI is InChI=1S/C32H33FN6O3S/c1-18-29(36-39-15-20(11-26(42-2)30(18)39)32(41)37-16-22(33)12-23(34)17-37)31-25(10-19-6-7-19)28-24(4-3-5-27(28)43-31)21-13-35-38(14-21)8-9-40/h3-5,11,13-15,19,22,34,40H,6-10,12,16-17H2,1-2H3/t22-/m1/s1. The van der Waals surface area contributed by atoms with E-state index in [1.54, 1.807) is 39.9 Å². The number of hydrogen-bond acceptors (Lipinski definition) is 7. The molecule has 5 heterocycles. The Hall–Kier alpha value is -4.09. The van der Waals surface area contributed by atoms with Crippen LogP contribution in [0.4, 0.5) is 4.39 Å². The molecule has 4 aromatic heterocycles. The van der Waals surface area contributed by atoms with E-state index in [9.17, 15) is 14.3 Å². The molecule has 1 aromatic carbocycles. The second kappa shape index (κ2) is 10.9. The Balaban J connectivity index is 1.36. The summed E-state index contributed by atoms with van der Waals surface area (Å²) in [7, 11) is 1.57. The Labute approximate surface area is 252 Å². The molecule has 2 fully saturated rings. The second-order valence-electron chi connectivity index (χ2n) is 11.6. The SMILES string of the molecule is COc1cc(C(=O)N2CC(=N)C[C@@H](F)C2)cn2nc(-c3sc4cccc(-c5cnn(CCO)c5)c4c3CC3CC3)c(C)c12. The highest BCUT2D eigenvalue weighted by Crippen LogP contribution is 2.47. The summed E-state index contributed by atoms with van der Waals surface area (Å²) in [5.41, 5.74) is 6.55. The number of alkyl halides is 1. The van der Waals surface area contributed by atoms with Crippen molar-refractivity contribution in [3.8, 4) is 27.4 Å². The fourth-order valence-corrected chi connectivity index (χ4v) is 7.52. The van der Waals surface area contributed by atoms with E-state index in [1.807, 2.05) is 19.3 Å². The largest absolute Gasteiger partial charge is 0.494 e. The lowest BCUT2D eigenvalue weighted by Crippen LogP contribution is -2.45. The first kappa shape index (κ1) is 27.7. The Morgan fingerprint density at radius 1 is 1.28 bits per heavy atom. The first-order valence-electron chi connectivity index (χ1n) is 14.6. The smallest absolute Gasteiger partial charge is 0.255 e. The van der Waals surface area contributed by atoms with Gasteiger partial charge in [-0.3, -0.25) is 9.48 Å². The Morgan fingerprint density at radius 3 is 2.86 bits per heavy atom. The fraction of sp³-hybridized carbons (Fsp3) is 0.375. The Bertz CT molecular complexity index is 1890. The number of thiophene rings is 1. The van der Waals surface area contributed by atoms with E-state index in [-0.39, 0.29) is 37.7 Å². The summed E-state index contributed by atoms with van der Waals surface area (Å²) in [6.07, 6.45) is 7.75. The van der Waals surface area contributed by atoms with E-state index < -0.39 is 6.17 Å². The van der Waals surface area contributed by atoms with Crippen molar-refractivity contribution in [2.75, 3.05) is 26.8 Å². The molecule has 11 heteroatoms. The predicted octanol–water partition coefficient (Wildman–Crippen LogP) is 5.55. The molecule has 0 bridgehead atoms. The molecule has 1 saturated carbocycles. The third kappa shape index (κ3) is 5.00. The predicted molar refractivity (Wildman–Crippen MR) is 165 cm³/mol. The molecule has 9 nitrogen and oxygen atoms in total. The summed E-state index contributed by atoms with van der Waals surface area (Å²) in [5, 5.41) is 28.1. The second-order valence-corrected chi connectivity index (χ2v) is 12.7. The summed E-state index contributed by atoms with van der Waals surface area (Å²) in [6, 6.07) is 8.05. The highest BCUT2D eigenvalue weighted by molar-refractivity contribution is 7.22. The minimum atomic E-state index is -1.24. The molecule has 2 N–H and O–H groups in total. The van der Waals surface area contributed by atoms with E-state index >= 15 is 0 Å². The van der Waals surface area contributed by atoms with Crippen LogP contribution >= 0.6 is 11.3 Å². The van der Waals surface area contributed by atoms with Crippen LogP contribution in [0.2, 0.25) is 0 Å². The number of pyridine rings is 1. The van der Waals surface area contributed by atoms with Gasteiger partial charge >= 0.3 is 0 Å². The van der Waals surface area contributed by atoms with Gasteiger partial charge in [0.1, 0.15) is 23.1 Å². The zero-order chi connectivity index (χ0) is 29.8. The van der Waals surface area contributed by atoms with Crippen LogP contribution in [-0.2, 0) is 13.0 Å². The fourth-order valence-electron chi connectivity index (χ4n) is 6.22. The van der Waals surface area contributed by atoms with Gasteiger partial charge in [-0.25, -0.2) is 8.91 Å². The van der Waals surface area contributed by atoms with Gasteiger partial charge in [0, 0.05) is 45.7 Å². The molecule has 2 aliphatic rings. The maximum atomic E-state index is 14.2. The molecule has 5 aromatic rings. The van der Waals surface area contributed by atoms with Gasteiger partial charge in [0.15, 0.2) is 0 Å². The molecular weight excluding hydrogens is 567 g/mol. The van der Waals surface area contributed by atoms with Crippen molar-refractivity contribution in [3.63, 3.8) is 0 Å².